The van der Waals surface area contributed by atoms with Crippen LogP contribution in [0.5, 0.6) is 11.5 Å². The molecule has 8 heteroatoms. The maximum absolute atomic E-state index is 5.89. The maximum atomic E-state index is 5.89. The summed E-state index contributed by atoms with van der Waals surface area (Å²) in [6.45, 7) is 8.53. The summed E-state index contributed by atoms with van der Waals surface area (Å²) in [5.74, 6) is 2.42. The standard InChI is InChI=1S/C20H33N3O4.HI/c1-4-21-20(22-11-5-12-26-19-10-13-25-15-19)23-14-16(2)27-18-8-6-17(24-3)7-9-18;/h6-9,16,19H,4-5,10-15H2,1-3H3,(H2,21,22,23);1H. The van der Waals surface area contributed by atoms with Crippen LogP contribution in [0.4, 0.5) is 0 Å². The Morgan fingerprint density at radius 2 is 2.00 bits per heavy atom. The Morgan fingerprint density at radius 3 is 2.64 bits per heavy atom. The fourth-order valence-electron chi connectivity index (χ4n) is 2.66. The highest BCUT2D eigenvalue weighted by atomic mass is 127. The van der Waals surface area contributed by atoms with E-state index in [2.05, 4.69) is 22.5 Å². The second kappa shape index (κ2) is 14.7. The maximum Gasteiger partial charge on any atom is 0.191 e. The minimum Gasteiger partial charge on any atom is -0.497 e. The van der Waals surface area contributed by atoms with Crippen LogP contribution in [-0.4, -0.2) is 64.7 Å². The minimum absolute atomic E-state index is 0. The molecule has 2 N–H and O–H groups in total. The molecular formula is C20H34IN3O4. The highest BCUT2D eigenvalue weighted by Crippen LogP contribution is 2.18. The number of rotatable bonds is 11. The molecule has 0 aliphatic carbocycles. The van der Waals surface area contributed by atoms with E-state index in [0.29, 0.717) is 6.54 Å². The monoisotopic (exact) mass is 507 g/mol. The summed E-state index contributed by atoms with van der Waals surface area (Å²) in [6.07, 6.45) is 2.17. The van der Waals surface area contributed by atoms with Crippen LogP contribution in [0.1, 0.15) is 26.7 Å². The van der Waals surface area contributed by atoms with Crippen molar-refractivity contribution < 1.29 is 18.9 Å². The van der Waals surface area contributed by atoms with Crippen molar-refractivity contribution in [3.05, 3.63) is 24.3 Å². The third kappa shape index (κ3) is 9.79. The first-order chi connectivity index (χ1) is 13.2. The zero-order chi connectivity index (χ0) is 19.3. The van der Waals surface area contributed by atoms with Gasteiger partial charge in [0.2, 0.25) is 0 Å². The average Bonchev–Trinajstić information content (AvgIpc) is 3.20. The number of halogens is 1. The van der Waals surface area contributed by atoms with Crippen molar-refractivity contribution in [2.45, 2.75) is 38.9 Å². The molecule has 0 saturated carbocycles. The molecule has 1 saturated heterocycles. The predicted octanol–water partition coefficient (Wildman–Crippen LogP) is 2.83. The van der Waals surface area contributed by atoms with Gasteiger partial charge in [-0.25, -0.2) is 4.99 Å². The number of methoxy groups -OCH3 is 1. The lowest BCUT2D eigenvalue weighted by Gasteiger charge is -2.16. The van der Waals surface area contributed by atoms with Crippen LogP contribution in [0.2, 0.25) is 0 Å². The SMILES string of the molecule is CCNC(=NCC(C)Oc1ccc(OC)cc1)NCCCOC1CCOC1.I. The van der Waals surface area contributed by atoms with E-state index in [-0.39, 0.29) is 36.2 Å². The van der Waals surface area contributed by atoms with E-state index >= 15 is 0 Å². The molecule has 160 valence electrons. The third-order valence-electron chi connectivity index (χ3n) is 4.10. The van der Waals surface area contributed by atoms with Crippen LogP contribution in [0, 0.1) is 0 Å². The second-order valence-electron chi connectivity index (χ2n) is 6.46. The highest BCUT2D eigenvalue weighted by molar-refractivity contribution is 14.0. The van der Waals surface area contributed by atoms with Gasteiger partial charge < -0.3 is 29.6 Å². The molecule has 2 rings (SSSR count). The normalized spacial score (nSPS) is 17.5. The number of nitrogens with one attached hydrogen (secondary N) is 2. The first-order valence-electron chi connectivity index (χ1n) is 9.73. The van der Waals surface area contributed by atoms with Gasteiger partial charge in [0.15, 0.2) is 5.96 Å². The Bertz CT molecular complexity index is 551. The molecule has 0 amide bonds. The summed E-state index contributed by atoms with van der Waals surface area (Å²) >= 11 is 0. The number of ether oxygens (including phenoxy) is 4. The van der Waals surface area contributed by atoms with E-state index in [0.717, 1.165) is 63.2 Å². The van der Waals surface area contributed by atoms with Gasteiger partial charge in [-0.15, -0.1) is 24.0 Å². The third-order valence-corrected chi connectivity index (χ3v) is 4.10. The smallest absolute Gasteiger partial charge is 0.191 e. The van der Waals surface area contributed by atoms with Crippen LogP contribution in [-0.2, 0) is 9.47 Å². The molecule has 1 aliphatic rings. The van der Waals surface area contributed by atoms with E-state index < -0.39 is 0 Å². The largest absolute Gasteiger partial charge is 0.497 e. The average molecular weight is 507 g/mol. The fourth-order valence-corrected chi connectivity index (χ4v) is 2.66. The number of nitrogens with zero attached hydrogens (tertiary/aromatic N) is 1. The summed E-state index contributed by atoms with van der Waals surface area (Å²) in [6, 6.07) is 7.57. The molecule has 2 atom stereocenters. The van der Waals surface area contributed by atoms with Gasteiger partial charge in [0, 0.05) is 26.3 Å². The molecule has 1 heterocycles. The van der Waals surface area contributed by atoms with Crippen LogP contribution in [0.15, 0.2) is 29.3 Å². The van der Waals surface area contributed by atoms with Crippen molar-refractivity contribution in [2.24, 2.45) is 4.99 Å². The molecule has 0 bridgehead atoms. The van der Waals surface area contributed by atoms with Gasteiger partial charge in [0.1, 0.15) is 17.6 Å². The van der Waals surface area contributed by atoms with Gasteiger partial charge in [0.25, 0.3) is 0 Å². The fraction of sp³-hybridized carbons (Fsp3) is 0.650. The number of benzene rings is 1. The number of hydrogen-bond donors (Lipinski definition) is 2. The Balaban J connectivity index is 0.00000392. The van der Waals surface area contributed by atoms with Crippen molar-refractivity contribution >= 4 is 29.9 Å². The molecule has 7 nitrogen and oxygen atoms in total. The Morgan fingerprint density at radius 1 is 1.25 bits per heavy atom. The van der Waals surface area contributed by atoms with Crippen LogP contribution >= 0.6 is 24.0 Å². The van der Waals surface area contributed by atoms with Gasteiger partial charge in [-0.3, -0.25) is 0 Å². The lowest BCUT2D eigenvalue weighted by Crippen LogP contribution is -2.39. The lowest BCUT2D eigenvalue weighted by molar-refractivity contribution is 0.0420. The predicted molar refractivity (Wildman–Crippen MR) is 122 cm³/mol. The van der Waals surface area contributed by atoms with Crippen molar-refractivity contribution in [3.8, 4) is 11.5 Å². The van der Waals surface area contributed by atoms with E-state index in [1.54, 1.807) is 7.11 Å². The highest BCUT2D eigenvalue weighted by Gasteiger charge is 2.15. The number of hydrogen-bond acceptors (Lipinski definition) is 5. The van der Waals surface area contributed by atoms with Crippen LogP contribution in [0.3, 0.4) is 0 Å². The summed E-state index contributed by atoms with van der Waals surface area (Å²) in [5.41, 5.74) is 0. The quantitative estimate of drug-likeness (QED) is 0.208. The first kappa shape index (κ1) is 24.8. The summed E-state index contributed by atoms with van der Waals surface area (Å²) in [4.78, 5) is 4.60. The summed E-state index contributed by atoms with van der Waals surface area (Å²) < 4.78 is 22.1. The van der Waals surface area contributed by atoms with Gasteiger partial charge in [-0.1, -0.05) is 0 Å². The molecule has 0 aromatic heterocycles. The Hall–Kier alpha value is -1.26. The molecule has 1 fully saturated rings. The van der Waals surface area contributed by atoms with Crippen molar-refractivity contribution in [2.75, 3.05) is 46.6 Å². The first-order valence-corrected chi connectivity index (χ1v) is 9.73. The second-order valence-corrected chi connectivity index (χ2v) is 6.46. The topological polar surface area (TPSA) is 73.3 Å². The van der Waals surface area contributed by atoms with Gasteiger partial charge in [0.05, 0.1) is 26.4 Å². The van der Waals surface area contributed by atoms with Gasteiger partial charge >= 0.3 is 0 Å². The molecular weight excluding hydrogens is 473 g/mol. The molecule has 1 aromatic carbocycles. The molecule has 28 heavy (non-hydrogen) atoms. The molecule has 1 aromatic rings. The van der Waals surface area contributed by atoms with E-state index in [1.807, 2.05) is 31.2 Å². The molecule has 2 unspecified atom stereocenters. The summed E-state index contributed by atoms with van der Waals surface area (Å²) in [7, 11) is 1.65. The zero-order valence-electron chi connectivity index (χ0n) is 17.1. The number of guanidine groups is 1. The van der Waals surface area contributed by atoms with E-state index in [9.17, 15) is 0 Å². The van der Waals surface area contributed by atoms with Crippen molar-refractivity contribution in [1.82, 2.24) is 10.6 Å². The zero-order valence-corrected chi connectivity index (χ0v) is 19.4. The van der Waals surface area contributed by atoms with Crippen molar-refractivity contribution in [3.63, 3.8) is 0 Å². The van der Waals surface area contributed by atoms with Gasteiger partial charge in [-0.05, 0) is 51.0 Å². The Labute approximate surface area is 185 Å². The molecule has 1 aliphatic heterocycles. The Kier molecular flexibility index (Phi) is 13.0. The van der Waals surface area contributed by atoms with Crippen molar-refractivity contribution in [1.29, 1.82) is 0 Å². The molecule has 0 radical (unpaired) electrons. The van der Waals surface area contributed by atoms with Crippen LogP contribution < -0.4 is 20.1 Å². The van der Waals surface area contributed by atoms with E-state index in [4.69, 9.17) is 18.9 Å². The molecule has 0 spiro atoms. The van der Waals surface area contributed by atoms with E-state index in [1.165, 1.54) is 0 Å². The summed E-state index contributed by atoms with van der Waals surface area (Å²) in [5, 5.41) is 6.59. The number of aliphatic imine (C=N–C) groups is 1. The lowest BCUT2D eigenvalue weighted by atomic mass is 10.3. The van der Waals surface area contributed by atoms with Gasteiger partial charge in [-0.2, -0.15) is 0 Å². The van der Waals surface area contributed by atoms with Crippen LogP contribution in [0.25, 0.3) is 0 Å². The minimum atomic E-state index is -0.0282.